The van der Waals surface area contributed by atoms with Crippen molar-refractivity contribution in [2.75, 3.05) is 5.32 Å². The minimum absolute atomic E-state index is 0.257. The predicted molar refractivity (Wildman–Crippen MR) is 68.7 cm³/mol. The summed E-state index contributed by atoms with van der Waals surface area (Å²) in [5.41, 5.74) is -0.291. The van der Waals surface area contributed by atoms with Gasteiger partial charge in [0.25, 0.3) is 0 Å². The largest absolute Gasteiger partial charge is 0.325 e. The van der Waals surface area contributed by atoms with Crippen LogP contribution >= 0.6 is 11.6 Å². The number of halogens is 1. The molecule has 0 spiro atoms. The van der Waals surface area contributed by atoms with Crippen LogP contribution in [0.1, 0.15) is 26.7 Å². The van der Waals surface area contributed by atoms with E-state index in [9.17, 15) is 4.79 Å². The molecular weight excluding hydrogens is 236 g/mol. The zero-order valence-electron chi connectivity index (χ0n) is 9.96. The summed E-state index contributed by atoms with van der Waals surface area (Å²) in [5.74, 6) is -0.257. The van der Waals surface area contributed by atoms with E-state index in [1.54, 1.807) is 24.3 Å². The average molecular weight is 251 g/mol. The van der Waals surface area contributed by atoms with Gasteiger partial charge in [-0.05, 0) is 37.1 Å². The first-order chi connectivity index (χ1) is 8.07. The van der Waals surface area contributed by atoms with Gasteiger partial charge in [-0.2, -0.15) is 5.26 Å². The summed E-state index contributed by atoms with van der Waals surface area (Å²) < 4.78 is 0. The van der Waals surface area contributed by atoms with E-state index in [0.717, 1.165) is 0 Å². The minimum atomic E-state index is -0.945. The number of hydrogen-bond acceptors (Lipinski definition) is 2. The summed E-state index contributed by atoms with van der Waals surface area (Å²) >= 11 is 5.75. The molecule has 0 aromatic heterocycles. The van der Waals surface area contributed by atoms with Crippen molar-refractivity contribution in [3.8, 4) is 6.07 Å². The van der Waals surface area contributed by atoms with Crippen molar-refractivity contribution in [3.05, 3.63) is 29.3 Å². The molecular formula is C13H15ClN2O. The summed E-state index contributed by atoms with van der Waals surface area (Å²) in [4.78, 5) is 12.0. The molecule has 0 saturated carbocycles. The monoisotopic (exact) mass is 250 g/mol. The number of anilines is 1. The number of rotatable bonds is 4. The normalized spacial score (nSPS) is 10.7. The van der Waals surface area contributed by atoms with Crippen molar-refractivity contribution in [2.24, 2.45) is 5.41 Å². The van der Waals surface area contributed by atoms with Crippen LogP contribution in [0.15, 0.2) is 24.3 Å². The topological polar surface area (TPSA) is 52.9 Å². The van der Waals surface area contributed by atoms with Crippen molar-refractivity contribution in [3.63, 3.8) is 0 Å². The molecule has 1 aromatic carbocycles. The number of benzene rings is 1. The van der Waals surface area contributed by atoms with Crippen molar-refractivity contribution < 1.29 is 4.79 Å². The van der Waals surface area contributed by atoms with Gasteiger partial charge in [-0.1, -0.05) is 25.4 Å². The van der Waals surface area contributed by atoms with Crippen molar-refractivity contribution in [1.82, 2.24) is 0 Å². The summed E-state index contributed by atoms with van der Waals surface area (Å²) in [6, 6.07) is 8.94. The van der Waals surface area contributed by atoms with E-state index in [-0.39, 0.29) is 5.91 Å². The van der Waals surface area contributed by atoms with E-state index in [1.165, 1.54) is 0 Å². The smallest absolute Gasteiger partial charge is 0.244 e. The van der Waals surface area contributed by atoms with Gasteiger partial charge >= 0.3 is 0 Å². The van der Waals surface area contributed by atoms with Gasteiger partial charge in [0.2, 0.25) is 5.91 Å². The molecule has 90 valence electrons. The van der Waals surface area contributed by atoms with Crippen LogP contribution in [0.4, 0.5) is 5.69 Å². The first-order valence-electron chi connectivity index (χ1n) is 5.56. The fraction of sp³-hybridized carbons (Fsp3) is 0.385. The molecule has 0 unspecified atom stereocenters. The Hall–Kier alpha value is -1.53. The maximum Gasteiger partial charge on any atom is 0.244 e. The molecule has 1 N–H and O–H groups in total. The molecule has 3 nitrogen and oxygen atoms in total. The third-order valence-corrected chi connectivity index (χ3v) is 3.21. The van der Waals surface area contributed by atoms with Crippen molar-refractivity contribution in [1.29, 1.82) is 5.26 Å². The Labute approximate surface area is 106 Å². The first kappa shape index (κ1) is 13.5. The van der Waals surface area contributed by atoms with Crippen molar-refractivity contribution in [2.45, 2.75) is 26.7 Å². The van der Waals surface area contributed by atoms with Crippen LogP contribution in [0, 0.1) is 16.7 Å². The van der Waals surface area contributed by atoms with Crippen LogP contribution in [0.2, 0.25) is 5.02 Å². The first-order valence-corrected chi connectivity index (χ1v) is 5.94. The predicted octanol–water partition coefficient (Wildman–Crippen LogP) is 3.61. The van der Waals surface area contributed by atoms with E-state index in [1.807, 2.05) is 13.8 Å². The maximum atomic E-state index is 12.0. The molecule has 4 heteroatoms. The van der Waals surface area contributed by atoms with Gasteiger partial charge in [-0.3, -0.25) is 4.79 Å². The van der Waals surface area contributed by atoms with Crippen LogP contribution in [0.5, 0.6) is 0 Å². The lowest BCUT2D eigenvalue weighted by Gasteiger charge is -2.22. The van der Waals surface area contributed by atoms with Gasteiger partial charge in [0.1, 0.15) is 5.41 Å². The Morgan fingerprint density at radius 3 is 2.29 bits per heavy atom. The van der Waals surface area contributed by atoms with Gasteiger partial charge in [-0.15, -0.1) is 0 Å². The molecule has 0 fully saturated rings. The zero-order chi connectivity index (χ0) is 12.9. The third kappa shape index (κ3) is 2.98. The summed E-state index contributed by atoms with van der Waals surface area (Å²) in [5, 5.41) is 12.5. The highest BCUT2D eigenvalue weighted by Gasteiger charge is 2.34. The van der Waals surface area contributed by atoms with E-state index in [0.29, 0.717) is 23.6 Å². The lowest BCUT2D eigenvalue weighted by Crippen LogP contribution is -2.33. The second kappa shape index (κ2) is 5.70. The lowest BCUT2D eigenvalue weighted by atomic mass is 9.83. The number of carbonyl (C=O) groups excluding carboxylic acids is 1. The number of carbonyl (C=O) groups is 1. The van der Waals surface area contributed by atoms with Crippen LogP contribution < -0.4 is 5.32 Å². The maximum absolute atomic E-state index is 12.0. The fourth-order valence-corrected chi connectivity index (χ4v) is 1.69. The number of nitriles is 1. The second-order valence-electron chi connectivity index (χ2n) is 3.86. The van der Waals surface area contributed by atoms with E-state index >= 15 is 0 Å². The van der Waals surface area contributed by atoms with Crippen LogP contribution in [-0.2, 0) is 4.79 Å². The van der Waals surface area contributed by atoms with Gasteiger partial charge in [0.15, 0.2) is 0 Å². The van der Waals surface area contributed by atoms with E-state index < -0.39 is 5.41 Å². The molecule has 1 rings (SSSR count). The number of nitrogens with zero attached hydrogens (tertiary/aromatic N) is 1. The van der Waals surface area contributed by atoms with Crippen LogP contribution in [0.3, 0.4) is 0 Å². The molecule has 1 aromatic rings. The highest BCUT2D eigenvalue weighted by molar-refractivity contribution is 6.30. The Morgan fingerprint density at radius 1 is 1.35 bits per heavy atom. The van der Waals surface area contributed by atoms with Gasteiger partial charge in [0.05, 0.1) is 6.07 Å². The number of nitrogens with one attached hydrogen (secondary N) is 1. The number of amides is 1. The molecule has 1 amide bonds. The quantitative estimate of drug-likeness (QED) is 0.888. The molecule has 0 aliphatic carbocycles. The highest BCUT2D eigenvalue weighted by Crippen LogP contribution is 2.27. The summed E-state index contributed by atoms with van der Waals surface area (Å²) in [6.07, 6.45) is 0.999. The third-order valence-electron chi connectivity index (χ3n) is 2.96. The zero-order valence-corrected chi connectivity index (χ0v) is 10.7. The highest BCUT2D eigenvalue weighted by atomic mass is 35.5. The van der Waals surface area contributed by atoms with Crippen LogP contribution in [0.25, 0.3) is 0 Å². The fourth-order valence-electron chi connectivity index (χ4n) is 1.56. The molecule has 0 bridgehead atoms. The Kier molecular flexibility index (Phi) is 4.53. The molecule has 0 radical (unpaired) electrons. The second-order valence-corrected chi connectivity index (χ2v) is 4.30. The lowest BCUT2D eigenvalue weighted by molar-refractivity contribution is -0.123. The van der Waals surface area contributed by atoms with Gasteiger partial charge in [0, 0.05) is 10.7 Å². The molecule has 0 heterocycles. The minimum Gasteiger partial charge on any atom is -0.325 e. The van der Waals surface area contributed by atoms with Gasteiger partial charge in [-0.25, -0.2) is 0 Å². The molecule has 0 saturated heterocycles. The standard InChI is InChI=1S/C13H15ClN2O/c1-3-13(4-2,9-15)12(17)16-11-7-5-10(14)6-8-11/h5-8H,3-4H2,1-2H3,(H,16,17). The van der Waals surface area contributed by atoms with E-state index in [4.69, 9.17) is 16.9 Å². The SMILES string of the molecule is CCC(C#N)(CC)C(=O)Nc1ccc(Cl)cc1. The Morgan fingerprint density at radius 2 is 1.88 bits per heavy atom. The van der Waals surface area contributed by atoms with Crippen molar-refractivity contribution >= 4 is 23.2 Å². The Balaban J connectivity index is 2.85. The number of hydrogen-bond donors (Lipinski definition) is 1. The molecule has 0 aliphatic heterocycles. The van der Waals surface area contributed by atoms with E-state index in [2.05, 4.69) is 11.4 Å². The summed E-state index contributed by atoms with van der Waals surface area (Å²) in [7, 11) is 0. The Bertz CT molecular complexity index is 430. The average Bonchev–Trinajstić information content (AvgIpc) is 2.35. The molecule has 0 atom stereocenters. The van der Waals surface area contributed by atoms with Gasteiger partial charge < -0.3 is 5.32 Å². The molecule has 0 aliphatic rings. The summed E-state index contributed by atoms with van der Waals surface area (Å²) in [6.45, 7) is 3.68. The molecule has 17 heavy (non-hydrogen) atoms. The van der Waals surface area contributed by atoms with Crippen LogP contribution in [-0.4, -0.2) is 5.91 Å².